The van der Waals surface area contributed by atoms with Gasteiger partial charge < -0.3 is 0 Å². The molecule has 0 aliphatic rings. The van der Waals surface area contributed by atoms with Crippen LogP contribution in [0.25, 0.3) is 0 Å². The fraction of sp³-hybridized carbons (Fsp3) is 1.00. The zero-order valence-corrected chi connectivity index (χ0v) is 7.52. The molecule has 0 saturated heterocycles. The van der Waals surface area contributed by atoms with Gasteiger partial charge in [-0.05, 0) is 6.42 Å². The molecule has 0 aliphatic carbocycles. The van der Waals surface area contributed by atoms with Crippen LogP contribution in [0.5, 0.6) is 0 Å². The van der Waals surface area contributed by atoms with Crippen molar-refractivity contribution in [3.63, 3.8) is 0 Å². The van der Waals surface area contributed by atoms with Crippen LogP contribution in [-0.2, 0) is 0 Å². The van der Waals surface area contributed by atoms with Gasteiger partial charge in [-0.25, -0.2) is 10.0 Å². The van der Waals surface area contributed by atoms with E-state index in [1.54, 1.807) is 0 Å². The molecule has 3 nitrogen and oxygen atoms in total. The average molecular weight is 145 g/mol. The molecule has 3 heteroatoms. The van der Waals surface area contributed by atoms with Crippen LogP contribution in [0.3, 0.4) is 0 Å². The van der Waals surface area contributed by atoms with Gasteiger partial charge in [0.05, 0.1) is 0 Å². The van der Waals surface area contributed by atoms with Crippen LogP contribution in [-0.4, -0.2) is 37.7 Å². The molecule has 0 unspecified atom stereocenters. The van der Waals surface area contributed by atoms with Crippen LogP contribution in [0.2, 0.25) is 0 Å². The third kappa shape index (κ3) is 6.01. The van der Waals surface area contributed by atoms with E-state index in [0.29, 0.717) is 0 Å². The second-order valence-electron chi connectivity index (χ2n) is 2.77. The van der Waals surface area contributed by atoms with E-state index in [1.165, 1.54) is 12.8 Å². The van der Waals surface area contributed by atoms with Gasteiger partial charge >= 0.3 is 0 Å². The van der Waals surface area contributed by atoms with Gasteiger partial charge in [0.1, 0.15) is 0 Å². The van der Waals surface area contributed by atoms with Crippen LogP contribution in [0, 0.1) is 0 Å². The highest BCUT2D eigenvalue weighted by molar-refractivity contribution is 4.40. The summed E-state index contributed by atoms with van der Waals surface area (Å²) < 4.78 is 0. The molecular formula is C7H19N3. The van der Waals surface area contributed by atoms with E-state index in [4.69, 9.17) is 0 Å². The number of hydrazine groups is 2. The Kier molecular flexibility index (Phi) is 5.58. The molecule has 0 aromatic rings. The van der Waals surface area contributed by atoms with Gasteiger partial charge in [-0.1, -0.05) is 13.3 Å². The van der Waals surface area contributed by atoms with Crippen LogP contribution < -0.4 is 5.53 Å². The largest absolute Gasteiger partial charge is 0.237 e. The number of unbranched alkanes of at least 4 members (excludes halogenated alkanes) is 1. The van der Waals surface area contributed by atoms with Crippen LogP contribution >= 0.6 is 0 Å². The first-order chi connectivity index (χ1) is 4.66. The standard InChI is InChI=1S/C7H19N3/c1-5-6-7-10(4)8-9(2)3/h8H,5-7H2,1-4H3. The summed E-state index contributed by atoms with van der Waals surface area (Å²) in [5, 5.41) is 4.03. The van der Waals surface area contributed by atoms with Crippen molar-refractivity contribution >= 4 is 0 Å². The Hall–Kier alpha value is -0.120. The maximum atomic E-state index is 3.14. The minimum atomic E-state index is 1.11. The minimum absolute atomic E-state index is 1.11. The first-order valence-corrected chi connectivity index (χ1v) is 3.81. The normalized spacial score (nSPS) is 11.4. The van der Waals surface area contributed by atoms with Crippen molar-refractivity contribution in [3.8, 4) is 0 Å². The molecule has 1 N–H and O–H groups in total. The summed E-state index contributed by atoms with van der Waals surface area (Å²) in [6.07, 6.45) is 2.50. The highest BCUT2D eigenvalue weighted by atomic mass is 15.7. The Bertz CT molecular complexity index is 73.3. The smallest absolute Gasteiger partial charge is 0.0141 e. The van der Waals surface area contributed by atoms with E-state index in [0.717, 1.165) is 6.54 Å². The lowest BCUT2D eigenvalue weighted by molar-refractivity contribution is 0.0854. The van der Waals surface area contributed by atoms with E-state index in [-0.39, 0.29) is 0 Å². The zero-order valence-electron chi connectivity index (χ0n) is 7.52. The maximum absolute atomic E-state index is 3.14. The Morgan fingerprint density at radius 2 is 1.80 bits per heavy atom. The third-order valence-corrected chi connectivity index (χ3v) is 1.22. The molecule has 0 bridgehead atoms. The number of rotatable bonds is 5. The van der Waals surface area contributed by atoms with E-state index in [1.807, 2.05) is 19.1 Å². The SMILES string of the molecule is CCCCN(C)NN(C)C. The predicted molar refractivity (Wildman–Crippen MR) is 44.4 cm³/mol. The highest BCUT2D eigenvalue weighted by Gasteiger charge is 1.95. The Morgan fingerprint density at radius 3 is 2.20 bits per heavy atom. The number of hydrogen-bond acceptors (Lipinski definition) is 3. The van der Waals surface area contributed by atoms with E-state index < -0.39 is 0 Å². The second-order valence-corrected chi connectivity index (χ2v) is 2.77. The van der Waals surface area contributed by atoms with Gasteiger partial charge in [0.15, 0.2) is 0 Å². The fourth-order valence-electron chi connectivity index (χ4n) is 0.787. The fourth-order valence-corrected chi connectivity index (χ4v) is 0.787. The van der Waals surface area contributed by atoms with Crippen molar-refractivity contribution in [2.24, 2.45) is 0 Å². The minimum Gasteiger partial charge on any atom is -0.237 e. The number of hydrogen-bond donors (Lipinski definition) is 1. The number of nitrogens with zero attached hydrogens (tertiary/aromatic N) is 2. The van der Waals surface area contributed by atoms with Gasteiger partial charge in [-0.3, -0.25) is 0 Å². The molecule has 0 atom stereocenters. The lowest BCUT2D eigenvalue weighted by Gasteiger charge is -2.22. The first-order valence-electron chi connectivity index (χ1n) is 3.81. The molecule has 62 valence electrons. The van der Waals surface area contributed by atoms with Crippen LogP contribution in [0.4, 0.5) is 0 Å². The summed E-state index contributed by atoms with van der Waals surface area (Å²) in [4.78, 5) is 0. The summed E-state index contributed by atoms with van der Waals surface area (Å²) >= 11 is 0. The molecule has 0 rings (SSSR count). The third-order valence-electron chi connectivity index (χ3n) is 1.22. The van der Waals surface area contributed by atoms with Crippen LogP contribution in [0.15, 0.2) is 0 Å². The number of nitrogens with one attached hydrogen (secondary N) is 1. The molecule has 0 aliphatic heterocycles. The molecule has 0 fully saturated rings. The highest BCUT2D eigenvalue weighted by Crippen LogP contribution is 1.87. The lowest BCUT2D eigenvalue weighted by atomic mass is 10.3. The summed E-state index contributed by atoms with van der Waals surface area (Å²) in [7, 11) is 6.03. The van der Waals surface area contributed by atoms with Crippen molar-refractivity contribution in [1.29, 1.82) is 0 Å². The van der Waals surface area contributed by atoms with Gasteiger partial charge in [0, 0.05) is 27.7 Å². The molecule has 0 aromatic carbocycles. The molecule has 0 amide bonds. The van der Waals surface area contributed by atoms with Gasteiger partial charge in [-0.2, -0.15) is 5.53 Å². The summed E-state index contributed by atoms with van der Waals surface area (Å²) in [6, 6.07) is 0. The first kappa shape index (κ1) is 9.88. The maximum Gasteiger partial charge on any atom is 0.0141 e. The van der Waals surface area contributed by atoms with Gasteiger partial charge in [0.25, 0.3) is 0 Å². The second kappa shape index (κ2) is 5.65. The van der Waals surface area contributed by atoms with Gasteiger partial charge in [0.2, 0.25) is 0 Å². The topological polar surface area (TPSA) is 18.5 Å². The molecule has 0 saturated carbocycles. The van der Waals surface area contributed by atoms with E-state index in [2.05, 4.69) is 24.5 Å². The van der Waals surface area contributed by atoms with Gasteiger partial charge in [-0.15, -0.1) is 0 Å². The quantitative estimate of drug-likeness (QED) is 0.574. The van der Waals surface area contributed by atoms with E-state index >= 15 is 0 Å². The van der Waals surface area contributed by atoms with Crippen molar-refractivity contribution in [1.82, 2.24) is 15.6 Å². The molecule has 0 radical (unpaired) electrons. The molecular weight excluding hydrogens is 126 g/mol. The summed E-state index contributed by atoms with van der Waals surface area (Å²) in [5.41, 5.74) is 3.14. The van der Waals surface area contributed by atoms with Crippen molar-refractivity contribution in [2.45, 2.75) is 19.8 Å². The van der Waals surface area contributed by atoms with Crippen molar-refractivity contribution in [2.75, 3.05) is 27.7 Å². The molecule has 0 heterocycles. The zero-order chi connectivity index (χ0) is 7.98. The average Bonchev–Trinajstić information content (AvgIpc) is 1.82. The summed E-state index contributed by atoms with van der Waals surface area (Å²) in [6.45, 7) is 3.30. The Labute approximate surface area is 63.9 Å². The lowest BCUT2D eigenvalue weighted by Crippen LogP contribution is -2.43. The Balaban J connectivity index is 3.16. The molecule has 0 spiro atoms. The predicted octanol–water partition coefficient (Wildman–Crippen LogP) is 0.700. The summed E-state index contributed by atoms with van der Waals surface area (Å²) in [5.74, 6) is 0. The monoisotopic (exact) mass is 145 g/mol. The van der Waals surface area contributed by atoms with Crippen molar-refractivity contribution in [3.05, 3.63) is 0 Å². The molecule has 10 heavy (non-hydrogen) atoms. The Morgan fingerprint density at radius 1 is 1.20 bits per heavy atom. The van der Waals surface area contributed by atoms with E-state index in [9.17, 15) is 0 Å². The molecule has 0 aromatic heterocycles. The van der Waals surface area contributed by atoms with Crippen molar-refractivity contribution < 1.29 is 0 Å². The van der Waals surface area contributed by atoms with Crippen LogP contribution in [0.1, 0.15) is 19.8 Å².